The van der Waals surface area contributed by atoms with E-state index in [1.807, 2.05) is 79.7 Å². The van der Waals surface area contributed by atoms with Crippen LogP contribution in [-0.2, 0) is 11.4 Å². The van der Waals surface area contributed by atoms with Crippen molar-refractivity contribution in [2.75, 3.05) is 11.9 Å². The number of ether oxygens (including phenoxy) is 1. The SMILES string of the molecule is Cc1ccc(NCC(=O)N/N=C\c2ccccc2OCc2cccc(Cl)c2)cc1. The summed E-state index contributed by atoms with van der Waals surface area (Å²) < 4.78 is 5.88. The van der Waals surface area contributed by atoms with Gasteiger partial charge in [-0.2, -0.15) is 5.10 Å². The van der Waals surface area contributed by atoms with Crippen molar-refractivity contribution < 1.29 is 9.53 Å². The number of anilines is 1. The van der Waals surface area contributed by atoms with E-state index in [1.165, 1.54) is 5.56 Å². The van der Waals surface area contributed by atoms with E-state index in [0.717, 1.165) is 16.8 Å². The van der Waals surface area contributed by atoms with E-state index in [2.05, 4.69) is 15.8 Å². The minimum absolute atomic E-state index is 0.132. The average molecular weight is 408 g/mol. The lowest BCUT2D eigenvalue weighted by Crippen LogP contribution is -2.25. The summed E-state index contributed by atoms with van der Waals surface area (Å²) in [6, 6.07) is 22.8. The number of halogens is 1. The molecule has 0 aliphatic heterocycles. The quantitative estimate of drug-likeness (QED) is 0.417. The summed E-state index contributed by atoms with van der Waals surface area (Å²) >= 11 is 6.01. The summed E-state index contributed by atoms with van der Waals surface area (Å²) in [6.07, 6.45) is 1.57. The van der Waals surface area contributed by atoms with Gasteiger partial charge in [-0.25, -0.2) is 5.43 Å². The molecule has 3 rings (SSSR count). The van der Waals surface area contributed by atoms with Crippen molar-refractivity contribution in [3.05, 3.63) is 94.5 Å². The summed E-state index contributed by atoms with van der Waals surface area (Å²) in [5.74, 6) is 0.433. The van der Waals surface area contributed by atoms with Gasteiger partial charge >= 0.3 is 0 Å². The Morgan fingerprint density at radius 3 is 2.66 bits per heavy atom. The maximum absolute atomic E-state index is 12.0. The van der Waals surface area contributed by atoms with Gasteiger partial charge in [0.15, 0.2) is 0 Å². The highest BCUT2D eigenvalue weighted by molar-refractivity contribution is 6.30. The summed E-state index contributed by atoms with van der Waals surface area (Å²) in [4.78, 5) is 12.0. The zero-order valence-electron chi connectivity index (χ0n) is 16.1. The van der Waals surface area contributed by atoms with Gasteiger partial charge in [0.2, 0.25) is 0 Å². The average Bonchev–Trinajstić information content (AvgIpc) is 2.73. The molecule has 0 radical (unpaired) electrons. The number of rotatable bonds is 8. The molecular weight excluding hydrogens is 386 g/mol. The van der Waals surface area contributed by atoms with Crippen LogP contribution in [0.4, 0.5) is 5.69 Å². The predicted molar refractivity (Wildman–Crippen MR) is 118 cm³/mol. The van der Waals surface area contributed by atoms with Crippen LogP contribution in [0.25, 0.3) is 0 Å². The number of amides is 1. The van der Waals surface area contributed by atoms with Gasteiger partial charge in [0.25, 0.3) is 5.91 Å². The molecule has 0 aliphatic carbocycles. The van der Waals surface area contributed by atoms with Crippen molar-refractivity contribution in [2.24, 2.45) is 5.10 Å². The second kappa shape index (κ2) is 10.3. The number of hydrogen-bond acceptors (Lipinski definition) is 4. The minimum atomic E-state index is -0.237. The lowest BCUT2D eigenvalue weighted by atomic mass is 10.2. The molecule has 6 heteroatoms. The molecule has 0 heterocycles. The van der Waals surface area contributed by atoms with Crippen LogP contribution in [0.5, 0.6) is 5.75 Å². The fourth-order valence-electron chi connectivity index (χ4n) is 2.57. The third kappa shape index (κ3) is 6.66. The first-order valence-electron chi connectivity index (χ1n) is 9.19. The number of aryl methyl sites for hydroxylation is 1. The van der Waals surface area contributed by atoms with E-state index in [1.54, 1.807) is 6.21 Å². The molecule has 0 spiro atoms. The number of nitrogens with zero attached hydrogens (tertiary/aromatic N) is 1. The smallest absolute Gasteiger partial charge is 0.259 e. The van der Waals surface area contributed by atoms with E-state index < -0.39 is 0 Å². The normalized spacial score (nSPS) is 10.7. The third-order valence-corrected chi connectivity index (χ3v) is 4.33. The molecule has 148 valence electrons. The summed E-state index contributed by atoms with van der Waals surface area (Å²) in [5.41, 5.74) is 6.30. The molecule has 5 nitrogen and oxygen atoms in total. The maximum Gasteiger partial charge on any atom is 0.259 e. The molecule has 0 aromatic heterocycles. The highest BCUT2D eigenvalue weighted by Gasteiger charge is 2.03. The highest BCUT2D eigenvalue weighted by Crippen LogP contribution is 2.19. The largest absolute Gasteiger partial charge is 0.488 e. The number of hydrogen-bond donors (Lipinski definition) is 2. The first-order chi connectivity index (χ1) is 14.1. The van der Waals surface area contributed by atoms with Gasteiger partial charge in [-0.05, 0) is 48.9 Å². The van der Waals surface area contributed by atoms with Gasteiger partial charge in [0.1, 0.15) is 12.4 Å². The van der Waals surface area contributed by atoms with Crippen molar-refractivity contribution >= 4 is 29.4 Å². The molecular formula is C23H22ClN3O2. The van der Waals surface area contributed by atoms with Crippen molar-refractivity contribution in [1.82, 2.24) is 5.43 Å². The van der Waals surface area contributed by atoms with Crippen LogP contribution in [0.3, 0.4) is 0 Å². The second-order valence-corrected chi connectivity index (χ2v) is 6.91. The minimum Gasteiger partial charge on any atom is -0.488 e. The van der Waals surface area contributed by atoms with Gasteiger partial charge < -0.3 is 10.1 Å². The first-order valence-corrected chi connectivity index (χ1v) is 9.57. The fraction of sp³-hybridized carbons (Fsp3) is 0.130. The van der Waals surface area contributed by atoms with Crippen LogP contribution < -0.4 is 15.5 Å². The lowest BCUT2D eigenvalue weighted by molar-refractivity contribution is -0.119. The predicted octanol–water partition coefficient (Wildman–Crippen LogP) is 4.79. The van der Waals surface area contributed by atoms with E-state index in [0.29, 0.717) is 17.4 Å². The number of carbonyl (C=O) groups excluding carboxylic acids is 1. The molecule has 29 heavy (non-hydrogen) atoms. The van der Waals surface area contributed by atoms with Crippen LogP contribution >= 0.6 is 11.6 Å². The Kier molecular flexibility index (Phi) is 7.25. The van der Waals surface area contributed by atoms with E-state index in [4.69, 9.17) is 16.3 Å². The number of hydrazone groups is 1. The van der Waals surface area contributed by atoms with Crippen molar-refractivity contribution in [3.8, 4) is 5.75 Å². The Balaban J connectivity index is 1.52. The van der Waals surface area contributed by atoms with E-state index >= 15 is 0 Å². The summed E-state index contributed by atoms with van der Waals surface area (Å²) in [6.45, 7) is 2.54. The molecule has 0 saturated carbocycles. The molecule has 1 amide bonds. The summed E-state index contributed by atoms with van der Waals surface area (Å²) in [5, 5.41) is 7.75. The molecule has 3 aromatic rings. The van der Waals surface area contributed by atoms with Crippen LogP contribution in [0.2, 0.25) is 5.02 Å². The van der Waals surface area contributed by atoms with Gasteiger partial charge in [0, 0.05) is 16.3 Å². The molecule has 2 N–H and O–H groups in total. The fourth-order valence-corrected chi connectivity index (χ4v) is 2.79. The second-order valence-electron chi connectivity index (χ2n) is 6.47. The van der Waals surface area contributed by atoms with Gasteiger partial charge in [-0.1, -0.05) is 53.6 Å². The van der Waals surface area contributed by atoms with Gasteiger partial charge in [-0.3, -0.25) is 4.79 Å². The van der Waals surface area contributed by atoms with Crippen LogP contribution in [0, 0.1) is 6.92 Å². The van der Waals surface area contributed by atoms with E-state index in [-0.39, 0.29) is 12.5 Å². The van der Waals surface area contributed by atoms with E-state index in [9.17, 15) is 4.79 Å². The monoisotopic (exact) mass is 407 g/mol. The van der Waals surface area contributed by atoms with Crippen molar-refractivity contribution in [2.45, 2.75) is 13.5 Å². The van der Waals surface area contributed by atoms with Crippen molar-refractivity contribution in [3.63, 3.8) is 0 Å². The topological polar surface area (TPSA) is 62.7 Å². The summed E-state index contributed by atoms with van der Waals surface area (Å²) in [7, 11) is 0. The zero-order valence-corrected chi connectivity index (χ0v) is 16.8. The van der Waals surface area contributed by atoms with Crippen LogP contribution in [-0.4, -0.2) is 18.7 Å². The number of carbonyl (C=O) groups is 1. The molecule has 0 bridgehead atoms. The number of benzene rings is 3. The standard InChI is InChI=1S/C23H22ClN3O2/c1-17-9-11-21(12-10-17)25-15-23(28)27-26-14-19-6-2-3-8-22(19)29-16-18-5-4-7-20(24)13-18/h2-14,25H,15-16H2,1H3,(H,27,28)/b26-14-. The van der Waals surface area contributed by atoms with Crippen LogP contribution in [0.15, 0.2) is 77.9 Å². The molecule has 0 unspecified atom stereocenters. The Morgan fingerprint density at radius 2 is 1.86 bits per heavy atom. The van der Waals surface area contributed by atoms with Crippen LogP contribution in [0.1, 0.15) is 16.7 Å². The Labute approximate surface area is 175 Å². The first kappa shape index (κ1) is 20.4. The molecule has 3 aromatic carbocycles. The zero-order chi connectivity index (χ0) is 20.5. The van der Waals surface area contributed by atoms with Gasteiger partial charge in [-0.15, -0.1) is 0 Å². The molecule has 0 saturated heterocycles. The highest BCUT2D eigenvalue weighted by atomic mass is 35.5. The number of nitrogens with one attached hydrogen (secondary N) is 2. The maximum atomic E-state index is 12.0. The molecule has 0 fully saturated rings. The molecule has 0 aliphatic rings. The Morgan fingerprint density at radius 1 is 1.07 bits per heavy atom. The Bertz CT molecular complexity index is 987. The third-order valence-electron chi connectivity index (χ3n) is 4.10. The van der Waals surface area contributed by atoms with Crippen molar-refractivity contribution in [1.29, 1.82) is 0 Å². The number of para-hydroxylation sites is 1. The Hall–Kier alpha value is -3.31. The molecule has 0 atom stereocenters. The lowest BCUT2D eigenvalue weighted by Gasteiger charge is -2.09. The van der Waals surface area contributed by atoms with Gasteiger partial charge in [0.05, 0.1) is 12.8 Å².